The molecule has 1 saturated heterocycles. The Hall–Kier alpha value is -1.84. The van der Waals surface area contributed by atoms with Crippen LogP contribution in [0.15, 0.2) is 24.3 Å². The molecule has 18 heavy (non-hydrogen) atoms. The van der Waals surface area contributed by atoms with Gasteiger partial charge in [-0.05, 0) is 25.8 Å². The van der Waals surface area contributed by atoms with Crippen molar-refractivity contribution in [3.8, 4) is 0 Å². The maximum atomic E-state index is 11.9. The van der Waals surface area contributed by atoms with E-state index in [1.165, 1.54) is 0 Å². The predicted molar refractivity (Wildman–Crippen MR) is 66.7 cm³/mol. The van der Waals surface area contributed by atoms with Crippen molar-refractivity contribution in [3.05, 3.63) is 35.4 Å². The molecule has 4 nitrogen and oxygen atoms in total. The van der Waals surface area contributed by atoms with E-state index in [4.69, 9.17) is 4.74 Å². The first kappa shape index (κ1) is 12.6. The smallest absolute Gasteiger partial charge is 0.321 e. The van der Waals surface area contributed by atoms with E-state index in [0.29, 0.717) is 13.0 Å². The SMILES string of the molecule is Cc1ccc(COC(=O)[C@@]2(C)CCNC2=O)cc1. The molecule has 0 bridgehead atoms. The normalized spacial score (nSPS) is 22.7. The summed E-state index contributed by atoms with van der Waals surface area (Å²) in [5.41, 5.74) is 1.06. The summed E-state index contributed by atoms with van der Waals surface area (Å²) in [5, 5.41) is 2.66. The summed E-state index contributed by atoms with van der Waals surface area (Å²) in [6, 6.07) is 7.76. The number of esters is 1. The highest BCUT2D eigenvalue weighted by Crippen LogP contribution is 2.27. The van der Waals surface area contributed by atoms with Crippen LogP contribution in [0.4, 0.5) is 0 Å². The molecule has 1 heterocycles. The summed E-state index contributed by atoms with van der Waals surface area (Å²) < 4.78 is 5.23. The number of aryl methyl sites for hydroxylation is 1. The predicted octanol–water partition coefficient (Wildman–Crippen LogP) is 1.56. The Labute approximate surface area is 106 Å². The first-order valence-electron chi connectivity index (χ1n) is 6.03. The standard InChI is InChI=1S/C14H17NO3/c1-10-3-5-11(6-4-10)9-18-13(17)14(2)7-8-15-12(14)16/h3-6H,7-9H2,1-2H3,(H,15,16)/t14-/m0/s1. The zero-order chi connectivity index (χ0) is 13.2. The van der Waals surface area contributed by atoms with Crippen molar-refractivity contribution in [2.75, 3.05) is 6.54 Å². The minimum absolute atomic E-state index is 0.210. The largest absolute Gasteiger partial charge is 0.460 e. The second-order valence-electron chi connectivity index (χ2n) is 4.90. The zero-order valence-corrected chi connectivity index (χ0v) is 10.7. The molecule has 1 aromatic rings. The highest BCUT2D eigenvalue weighted by atomic mass is 16.5. The number of carbonyl (C=O) groups excluding carboxylic acids is 2. The van der Waals surface area contributed by atoms with Gasteiger partial charge in [0.1, 0.15) is 12.0 Å². The van der Waals surface area contributed by atoms with Crippen LogP contribution in [-0.4, -0.2) is 18.4 Å². The fourth-order valence-corrected chi connectivity index (χ4v) is 1.92. The van der Waals surface area contributed by atoms with Gasteiger partial charge in [0.25, 0.3) is 0 Å². The number of rotatable bonds is 3. The van der Waals surface area contributed by atoms with Gasteiger partial charge in [0, 0.05) is 6.54 Å². The molecule has 1 atom stereocenters. The molecule has 1 aliphatic rings. The van der Waals surface area contributed by atoms with Gasteiger partial charge in [-0.25, -0.2) is 0 Å². The van der Waals surface area contributed by atoms with Gasteiger partial charge in [-0.1, -0.05) is 29.8 Å². The number of hydrogen-bond donors (Lipinski definition) is 1. The van der Waals surface area contributed by atoms with Gasteiger partial charge in [0.2, 0.25) is 5.91 Å². The van der Waals surface area contributed by atoms with Crippen LogP contribution >= 0.6 is 0 Å². The quantitative estimate of drug-likeness (QED) is 0.651. The number of carbonyl (C=O) groups is 2. The number of amides is 1. The van der Waals surface area contributed by atoms with E-state index < -0.39 is 11.4 Å². The molecular weight excluding hydrogens is 230 g/mol. The van der Waals surface area contributed by atoms with Crippen LogP contribution in [0.2, 0.25) is 0 Å². The van der Waals surface area contributed by atoms with E-state index >= 15 is 0 Å². The van der Waals surface area contributed by atoms with E-state index in [9.17, 15) is 9.59 Å². The fraction of sp³-hybridized carbons (Fsp3) is 0.429. The summed E-state index contributed by atoms with van der Waals surface area (Å²) >= 11 is 0. The van der Waals surface area contributed by atoms with Crippen LogP contribution in [0.25, 0.3) is 0 Å². The summed E-state index contributed by atoms with van der Waals surface area (Å²) in [6.07, 6.45) is 0.499. The van der Waals surface area contributed by atoms with Crippen molar-refractivity contribution in [2.24, 2.45) is 5.41 Å². The van der Waals surface area contributed by atoms with Gasteiger partial charge in [-0.15, -0.1) is 0 Å². The lowest BCUT2D eigenvalue weighted by Crippen LogP contribution is -2.37. The molecule has 4 heteroatoms. The number of hydrogen-bond acceptors (Lipinski definition) is 3. The van der Waals surface area contributed by atoms with Crippen LogP contribution in [-0.2, 0) is 20.9 Å². The topological polar surface area (TPSA) is 55.4 Å². The molecule has 0 saturated carbocycles. The molecule has 0 unspecified atom stereocenters. The maximum absolute atomic E-state index is 11.9. The third-order valence-electron chi connectivity index (χ3n) is 3.35. The summed E-state index contributed by atoms with van der Waals surface area (Å²) in [6.45, 7) is 4.38. The Morgan fingerprint density at radius 2 is 2.06 bits per heavy atom. The van der Waals surface area contributed by atoms with Crippen LogP contribution in [0.3, 0.4) is 0 Å². The molecule has 1 amide bonds. The van der Waals surface area contributed by atoms with Gasteiger partial charge in [0.15, 0.2) is 0 Å². The molecule has 1 aliphatic heterocycles. The van der Waals surface area contributed by atoms with E-state index in [0.717, 1.165) is 11.1 Å². The van der Waals surface area contributed by atoms with E-state index in [2.05, 4.69) is 5.32 Å². The average Bonchev–Trinajstić information content (AvgIpc) is 2.70. The molecule has 96 valence electrons. The second kappa shape index (κ2) is 4.80. The van der Waals surface area contributed by atoms with Gasteiger partial charge in [0.05, 0.1) is 0 Å². The Bertz CT molecular complexity index is 466. The van der Waals surface area contributed by atoms with Crippen molar-refractivity contribution < 1.29 is 14.3 Å². The lowest BCUT2D eigenvalue weighted by molar-refractivity contribution is -0.159. The first-order chi connectivity index (χ1) is 8.52. The van der Waals surface area contributed by atoms with E-state index in [1.54, 1.807) is 6.92 Å². The molecular formula is C14H17NO3. The van der Waals surface area contributed by atoms with Gasteiger partial charge >= 0.3 is 5.97 Å². The van der Waals surface area contributed by atoms with Crippen molar-refractivity contribution >= 4 is 11.9 Å². The Morgan fingerprint density at radius 1 is 1.39 bits per heavy atom. The van der Waals surface area contributed by atoms with Crippen molar-refractivity contribution in [1.29, 1.82) is 0 Å². The molecule has 1 aromatic carbocycles. The summed E-state index contributed by atoms with van der Waals surface area (Å²) in [5.74, 6) is -0.686. The Balaban J connectivity index is 1.96. The van der Waals surface area contributed by atoms with Gasteiger partial charge < -0.3 is 10.1 Å². The highest BCUT2D eigenvalue weighted by molar-refractivity contribution is 6.03. The molecule has 0 radical (unpaired) electrons. The second-order valence-corrected chi connectivity index (χ2v) is 4.90. The van der Waals surface area contributed by atoms with Crippen molar-refractivity contribution in [2.45, 2.75) is 26.9 Å². The first-order valence-corrected chi connectivity index (χ1v) is 6.03. The summed E-state index contributed by atoms with van der Waals surface area (Å²) in [7, 11) is 0. The Morgan fingerprint density at radius 3 is 2.61 bits per heavy atom. The lowest BCUT2D eigenvalue weighted by Gasteiger charge is -2.18. The van der Waals surface area contributed by atoms with Crippen LogP contribution < -0.4 is 5.32 Å². The summed E-state index contributed by atoms with van der Waals surface area (Å²) in [4.78, 5) is 23.5. The van der Waals surface area contributed by atoms with Gasteiger partial charge in [-0.2, -0.15) is 0 Å². The molecule has 0 spiro atoms. The fourth-order valence-electron chi connectivity index (χ4n) is 1.92. The monoisotopic (exact) mass is 247 g/mol. The zero-order valence-electron chi connectivity index (χ0n) is 10.7. The Kier molecular flexibility index (Phi) is 3.36. The van der Waals surface area contributed by atoms with Gasteiger partial charge in [-0.3, -0.25) is 9.59 Å². The van der Waals surface area contributed by atoms with Crippen LogP contribution in [0, 0.1) is 12.3 Å². The van der Waals surface area contributed by atoms with Crippen LogP contribution in [0.1, 0.15) is 24.5 Å². The molecule has 0 aliphatic carbocycles. The minimum atomic E-state index is -1.02. The number of nitrogens with one attached hydrogen (secondary N) is 1. The van der Waals surface area contributed by atoms with Crippen molar-refractivity contribution in [1.82, 2.24) is 5.32 Å². The third-order valence-corrected chi connectivity index (χ3v) is 3.35. The maximum Gasteiger partial charge on any atom is 0.321 e. The van der Waals surface area contributed by atoms with Crippen LogP contribution in [0.5, 0.6) is 0 Å². The highest BCUT2D eigenvalue weighted by Gasteiger charge is 2.46. The lowest BCUT2D eigenvalue weighted by atomic mass is 9.89. The van der Waals surface area contributed by atoms with Crippen molar-refractivity contribution in [3.63, 3.8) is 0 Å². The molecule has 0 aromatic heterocycles. The molecule has 1 N–H and O–H groups in total. The number of benzene rings is 1. The van der Waals surface area contributed by atoms with E-state index in [-0.39, 0.29) is 12.5 Å². The molecule has 2 rings (SSSR count). The minimum Gasteiger partial charge on any atom is -0.460 e. The average molecular weight is 247 g/mol. The van der Waals surface area contributed by atoms with E-state index in [1.807, 2.05) is 31.2 Å². The third kappa shape index (κ3) is 2.37. The number of ether oxygens (including phenoxy) is 1. The molecule has 1 fully saturated rings.